The number of nitrogens with two attached hydrogens (primary N) is 1. The highest BCUT2D eigenvalue weighted by Gasteiger charge is 2.15. The number of nitrogens with one attached hydrogen (secondary N) is 1. The third kappa shape index (κ3) is 4.14. The molecule has 1 rings (SSSR count). The van der Waals surface area contributed by atoms with Crippen LogP contribution in [-0.2, 0) is 10.0 Å². The Morgan fingerprint density at radius 1 is 1.53 bits per heavy atom. The standard InChI is InChI=1S/C10H16ClN3O2S/c1-7(2)3-4-14-17(15,16)8-5-9(11)10(12)13-6-8/h5-7,14H,3-4H2,1-2H3,(H2,12,13). The molecule has 96 valence electrons. The quantitative estimate of drug-likeness (QED) is 0.857. The predicted molar refractivity (Wildman–Crippen MR) is 68.3 cm³/mol. The van der Waals surface area contributed by atoms with Crippen LogP contribution in [0.25, 0.3) is 0 Å². The molecule has 0 aliphatic heterocycles. The van der Waals surface area contributed by atoms with E-state index >= 15 is 0 Å². The second-order valence-corrected chi connectivity index (χ2v) is 6.29. The summed E-state index contributed by atoms with van der Waals surface area (Å²) in [5.41, 5.74) is 5.41. The van der Waals surface area contributed by atoms with E-state index in [2.05, 4.69) is 9.71 Å². The zero-order valence-corrected chi connectivity index (χ0v) is 11.3. The lowest BCUT2D eigenvalue weighted by Gasteiger charge is -2.08. The first kappa shape index (κ1) is 14.2. The molecule has 17 heavy (non-hydrogen) atoms. The van der Waals surface area contributed by atoms with Gasteiger partial charge in [-0.25, -0.2) is 18.1 Å². The zero-order valence-electron chi connectivity index (χ0n) is 9.77. The smallest absolute Gasteiger partial charge is 0.242 e. The normalized spacial score (nSPS) is 12.0. The summed E-state index contributed by atoms with van der Waals surface area (Å²) >= 11 is 5.72. The molecule has 0 aliphatic rings. The summed E-state index contributed by atoms with van der Waals surface area (Å²) in [6.45, 7) is 4.44. The first-order chi connectivity index (χ1) is 7.83. The van der Waals surface area contributed by atoms with Gasteiger partial charge in [-0.05, 0) is 18.4 Å². The van der Waals surface area contributed by atoms with Gasteiger partial charge < -0.3 is 5.73 Å². The average molecular weight is 278 g/mol. The van der Waals surface area contributed by atoms with Crippen molar-refractivity contribution >= 4 is 27.4 Å². The van der Waals surface area contributed by atoms with Gasteiger partial charge in [-0.3, -0.25) is 0 Å². The van der Waals surface area contributed by atoms with Gasteiger partial charge in [-0.15, -0.1) is 0 Å². The van der Waals surface area contributed by atoms with E-state index in [9.17, 15) is 8.42 Å². The fraction of sp³-hybridized carbons (Fsp3) is 0.500. The maximum Gasteiger partial charge on any atom is 0.242 e. The maximum absolute atomic E-state index is 11.8. The summed E-state index contributed by atoms with van der Waals surface area (Å²) in [7, 11) is -3.55. The lowest BCUT2D eigenvalue weighted by atomic mass is 10.1. The average Bonchev–Trinajstić information content (AvgIpc) is 2.21. The lowest BCUT2D eigenvalue weighted by Crippen LogP contribution is -2.25. The minimum atomic E-state index is -3.55. The fourth-order valence-electron chi connectivity index (χ4n) is 1.14. The van der Waals surface area contributed by atoms with Gasteiger partial charge in [-0.1, -0.05) is 25.4 Å². The molecule has 0 fully saturated rings. The van der Waals surface area contributed by atoms with Gasteiger partial charge in [0.15, 0.2) is 0 Å². The second kappa shape index (κ2) is 5.66. The molecule has 0 saturated heterocycles. The van der Waals surface area contributed by atoms with Gasteiger partial charge in [0, 0.05) is 12.7 Å². The molecule has 0 amide bonds. The van der Waals surface area contributed by atoms with Crippen molar-refractivity contribution in [2.45, 2.75) is 25.2 Å². The van der Waals surface area contributed by atoms with Gasteiger partial charge in [0.25, 0.3) is 0 Å². The first-order valence-corrected chi connectivity index (χ1v) is 7.09. The van der Waals surface area contributed by atoms with Crippen LogP contribution in [0.1, 0.15) is 20.3 Å². The summed E-state index contributed by atoms with van der Waals surface area (Å²) in [5, 5.41) is 0.136. The second-order valence-electron chi connectivity index (χ2n) is 4.12. The predicted octanol–water partition coefficient (Wildman–Crippen LogP) is 1.64. The van der Waals surface area contributed by atoms with Crippen molar-refractivity contribution in [2.24, 2.45) is 5.92 Å². The number of halogens is 1. The Hall–Kier alpha value is -0.850. The molecule has 5 nitrogen and oxygen atoms in total. The minimum absolute atomic E-state index is 0.0282. The highest BCUT2D eigenvalue weighted by atomic mass is 35.5. The number of hydrogen-bond donors (Lipinski definition) is 2. The van der Waals surface area contributed by atoms with Crippen molar-refractivity contribution < 1.29 is 8.42 Å². The Morgan fingerprint density at radius 3 is 2.71 bits per heavy atom. The number of hydrogen-bond acceptors (Lipinski definition) is 4. The molecule has 0 bridgehead atoms. The van der Waals surface area contributed by atoms with Crippen LogP contribution in [0.3, 0.4) is 0 Å². The van der Waals surface area contributed by atoms with Crippen molar-refractivity contribution in [3.63, 3.8) is 0 Å². The number of aromatic nitrogens is 1. The summed E-state index contributed by atoms with van der Waals surface area (Å²) in [5.74, 6) is 0.554. The molecule has 1 heterocycles. The van der Waals surface area contributed by atoms with E-state index in [0.717, 1.165) is 6.42 Å². The number of pyridine rings is 1. The molecule has 0 aromatic carbocycles. The van der Waals surface area contributed by atoms with Crippen molar-refractivity contribution in [3.8, 4) is 0 Å². The molecular weight excluding hydrogens is 262 g/mol. The molecular formula is C10H16ClN3O2S. The maximum atomic E-state index is 11.8. The van der Waals surface area contributed by atoms with E-state index in [1.165, 1.54) is 12.3 Å². The van der Waals surface area contributed by atoms with Crippen molar-refractivity contribution in [2.75, 3.05) is 12.3 Å². The fourth-order valence-corrected chi connectivity index (χ4v) is 2.39. The van der Waals surface area contributed by atoms with Crippen LogP contribution in [0.5, 0.6) is 0 Å². The molecule has 0 aliphatic carbocycles. The first-order valence-electron chi connectivity index (χ1n) is 5.23. The van der Waals surface area contributed by atoms with Gasteiger partial charge >= 0.3 is 0 Å². The molecule has 0 saturated carbocycles. The van der Waals surface area contributed by atoms with Crippen molar-refractivity contribution in [1.82, 2.24) is 9.71 Å². The highest BCUT2D eigenvalue weighted by molar-refractivity contribution is 7.89. The Labute approximate surface area is 106 Å². The Kier molecular flexibility index (Phi) is 4.73. The third-order valence-corrected chi connectivity index (χ3v) is 3.90. The van der Waals surface area contributed by atoms with E-state index in [-0.39, 0.29) is 15.7 Å². The number of nitrogen functional groups attached to an aromatic ring is 1. The summed E-state index contributed by atoms with van der Waals surface area (Å²) in [4.78, 5) is 3.74. The number of sulfonamides is 1. The summed E-state index contributed by atoms with van der Waals surface area (Å²) < 4.78 is 26.1. The van der Waals surface area contributed by atoms with Crippen LogP contribution < -0.4 is 10.5 Å². The molecule has 7 heteroatoms. The SMILES string of the molecule is CC(C)CCNS(=O)(=O)c1cnc(N)c(Cl)c1. The van der Waals surface area contributed by atoms with Crippen LogP contribution in [0.15, 0.2) is 17.2 Å². The lowest BCUT2D eigenvalue weighted by molar-refractivity contribution is 0.551. The molecule has 1 aromatic heterocycles. The molecule has 0 atom stereocenters. The Bertz CT molecular complexity index is 488. The summed E-state index contributed by atoms with van der Waals surface area (Å²) in [6, 6.07) is 1.29. The van der Waals surface area contributed by atoms with Crippen molar-refractivity contribution in [1.29, 1.82) is 0 Å². The monoisotopic (exact) mass is 277 g/mol. The van der Waals surface area contributed by atoms with Crippen LogP contribution in [0, 0.1) is 5.92 Å². The molecule has 0 radical (unpaired) electrons. The number of nitrogens with zero attached hydrogens (tertiary/aromatic N) is 1. The highest BCUT2D eigenvalue weighted by Crippen LogP contribution is 2.19. The van der Waals surface area contributed by atoms with E-state index in [1.807, 2.05) is 13.8 Å². The molecule has 0 spiro atoms. The van der Waals surface area contributed by atoms with Crippen LogP contribution in [-0.4, -0.2) is 19.9 Å². The van der Waals surface area contributed by atoms with Gasteiger partial charge in [0.2, 0.25) is 10.0 Å². The van der Waals surface area contributed by atoms with Gasteiger partial charge in [0.1, 0.15) is 10.7 Å². The van der Waals surface area contributed by atoms with E-state index in [4.69, 9.17) is 17.3 Å². The van der Waals surface area contributed by atoms with E-state index in [1.54, 1.807) is 0 Å². The number of anilines is 1. The van der Waals surface area contributed by atoms with Gasteiger partial charge in [0.05, 0.1) is 5.02 Å². The molecule has 3 N–H and O–H groups in total. The van der Waals surface area contributed by atoms with Crippen molar-refractivity contribution in [3.05, 3.63) is 17.3 Å². The van der Waals surface area contributed by atoms with Crippen LogP contribution >= 0.6 is 11.6 Å². The zero-order chi connectivity index (χ0) is 13.1. The largest absolute Gasteiger partial charge is 0.382 e. The topological polar surface area (TPSA) is 85.1 Å². The summed E-state index contributed by atoms with van der Waals surface area (Å²) in [6.07, 6.45) is 1.97. The molecule has 0 unspecified atom stereocenters. The number of rotatable bonds is 5. The third-order valence-electron chi connectivity index (χ3n) is 2.17. The Balaban J connectivity index is 2.79. The van der Waals surface area contributed by atoms with E-state index < -0.39 is 10.0 Å². The van der Waals surface area contributed by atoms with Crippen LogP contribution in [0.2, 0.25) is 5.02 Å². The Morgan fingerprint density at radius 2 is 2.18 bits per heavy atom. The van der Waals surface area contributed by atoms with E-state index in [0.29, 0.717) is 12.5 Å². The van der Waals surface area contributed by atoms with Gasteiger partial charge in [-0.2, -0.15) is 0 Å². The van der Waals surface area contributed by atoms with Crippen LogP contribution in [0.4, 0.5) is 5.82 Å². The minimum Gasteiger partial charge on any atom is -0.382 e. The molecule has 1 aromatic rings.